The maximum absolute atomic E-state index is 12.1. The Kier molecular flexibility index (Phi) is 4.97. The van der Waals surface area contributed by atoms with Gasteiger partial charge in [-0.3, -0.25) is 9.59 Å². The average molecular weight is 374 g/mol. The van der Waals surface area contributed by atoms with Crippen LogP contribution in [0.3, 0.4) is 0 Å². The summed E-state index contributed by atoms with van der Waals surface area (Å²) in [5, 5.41) is 4.80. The summed E-state index contributed by atoms with van der Waals surface area (Å²) < 4.78 is 5.62. The first-order valence-corrected chi connectivity index (χ1v) is 8.36. The third-order valence-electron chi connectivity index (χ3n) is 3.14. The zero-order valence-electron chi connectivity index (χ0n) is 12.7. The predicted molar refractivity (Wildman–Crippen MR) is 96.6 cm³/mol. The molecule has 0 spiro atoms. The topological polar surface area (TPSA) is 94.3 Å². The molecule has 0 saturated carbocycles. The van der Waals surface area contributed by atoms with E-state index in [0.29, 0.717) is 32.8 Å². The number of benzene rings is 1. The van der Waals surface area contributed by atoms with Gasteiger partial charge in [0, 0.05) is 10.4 Å². The number of ether oxygens (including phenoxy) is 1. The molecule has 0 fully saturated rings. The van der Waals surface area contributed by atoms with Gasteiger partial charge in [0.15, 0.2) is 0 Å². The number of rotatable bonds is 5. The zero-order chi connectivity index (χ0) is 17.8. The second-order valence-electron chi connectivity index (χ2n) is 4.95. The van der Waals surface area contributed by atoms with Crippen LogP contribution in [0.2, 0.25) is 5.02 Å². The van der Waals surface area contributed by atoms with E-state index in [9.17, 15) is 9.59 Å². The van der Waals surface area contributed by atoms with Crippen molar-refractivity contribution in [2.45, 2.75) is 0 Å². The van der Waals surface area contributed by atoms with Crippen LogP contribution in [-0.4, -0.2) is 16.8 Å². The molecule has 0 unspecified atom stereocenters. The standard InChI is InChI=1S/C17H12ClN3O3S/c18-11-1-3-12(4-2-11)24-13-5-6-15(20-8-13)21-17(23)14-7-10(9-25-14)16(19)22/h1-9H,(H2,19,22)(H,20,21,23). The monoisotopic (exact) mass is 373 g/mol. The maximum atomic E-state index is 12.1. The summed E-state index contributed by atoms with van der Waals surface area (Å²) in [6.45, 7) is 0. The molecule has 0 aliphatic carbocycles. The number of carbonyl (C=O) groups is 2. The molecule has 8 heteroatoms. The number of thiophene rings is 1. The van der Waals surface area contributed by atoms with Gasteiger partial charge in [-0.25, -0.2) is 4.98 Å². The van der Waals surface area contributed by atoms with Crippen molar-refractivity contribution >= 4 is 40.6 Å². The fourth-order valence-corrected chi connectivity index (χ4v) is 2.83. The Labute approximate surface area is 152 Å². The van der Waals surface area contributed by atoms with Crippen LogP contribution in [0.5, 0.6) is 11.5 Å². The molecule has 0 aliphatic heterocycles. The third-order valence-corrected chi connectivity index (χ3v) is 4.32. The predicted octanol–water partition coefficient (Wildman–Crippen LogP) is 3.94. The molecule has 3 N–H and O–H groups in total. The molecule has 0 bridgehead atoms. The summed E-state index contributed by atoms with van der Waals surface area (Å²) in [5.41, 5.74) is 5.47. The summed E-state index contributed by atoms with van der Waals surface area (Å²) in [6, 6.07) is 11.7. The number of aromatic nitrogens is 1. The van der Waals surface area contributed by atoms with Crippen molar-refractivity contribution in [2.24, 2.45) is 5.73 Å². The van der Waals surface area contributed by atoms with Gasteiger partial charge in [0.05, 0.1) is 16.6 Å². The average Bonchev–Trinajstić information content (AvgIpc) is 3.09. The highest BCUT2D eigenvalue weighted by Crippen LogP contribution is 2.23. The molecule has 0 saturated heterocycles. The Hall–Kier alpha value is -2.90. The lowest BCUT2D eigenvalue weighted by Crippen LogP contribution is -2.12. The van der Waals surface area contributed by atoms with E-state index in [1.54, 1.807) is 36.4 Å². The van der Waals surface area contributed by atoms with Crippen LogP contribution >= 0.6 is 22.9 Å². The van der Waals surface area contributed by atoms with E-state index in [2.05, 4.69) is 10.3 Å². The first-order valence-electron chi connectivity index (χ1n) is 7.10. The van der Waals surface area contributed by atoms with Crippen LogP contribution < -0.4 is 15.8 Å². The van der Waals surface area contributed by atoms with E-state index < -0.39 is 5.91 Å². The molecule has 0 aliphatic rings. The number of pyridine rings is 1. The number of primary amides is 1. The van der Waals surface area contributed by atoms with Crippen LogP contribution in [0, 0.1) is 0 Å². The summed E-state index contributed by atoms with van der Waals surface area (Å²) >= 11 is 6.96. The largest absolute Gasteiger partial charge is 0.456 e. The lowest BCUT2D eigenvalue weighted by atomic mass is 10.3. The number of carbonyl (C=O) groups excluding carboxylic acids is 2. The van der Waals surface area contributed by atoms with Crippen molar-refractivity contribution in [1.29, 1.82) is 0 Å². The summed E-state index contributed by atoms with van der Waals surface area (Å²) in [7, 11) is 0. The normalized spacial score (nSPS) is 10.3. The minimum absolute atomic E-state index is 0.301. The Bertz CT molecular complexity index is 908. The first-order chi connectivity index (χ1) is 12.0. The molecule has 2 amide bonds. The highest BCUT2D eigenvalue weighted by atomic mass is 35.5. The molecule has 2 heterocycles. The summed E-state index contributed by atoms with van der Waals surface area (Å²) in [5.74, 6) is 0.573. The second-order valence-corrected chi connectivity index (χ2v) is 6.30. The highest BCUT2D eigenvalue weighted by molar-refractivity contribution is 7.12. The molecule has 6 nitrogen and oxygen atoms in total. The van der Waals surface area contributed by atoms with Crippen molar-refractivity contribution in [3.63, 3.8) is 0 Å². The zero-order valence-corrected chi connectivity index (χ0v) is 14.3. The minimum atomic E-state index is -0.572. The molecule has 126 valence electrons. The molecule has 3 rings (SSSR count). The molecule has 0 atom stereocenters. The number of nitrogens with two attached hydrogens (primary N) is 1. The smallest absolute Gasteiger partial charge is 0.266 e. The highest BCUT2D eigenvalue weighted by Gasteiger charge is 2.12. The Morgan fingerprint density at radius 3 is 2.44 bits per heavy atom. The fraction of sp³-hybridized carbons (Fsp3) is 0. The lowest BCUT2D eigenvalue weighted by molar-refractivity contribution is 0.100. The quantitative estimate of drug-likeness (QED) is 0.708. The van der Waals surface area contributed by atoms with Gasteiger partial charge in [-0.1, -0.05) is 11.6 Å². The number of nitrogens with zero attached hydrogens (tertiary/aromatic N) is 1. The van der Waals surface area contributed by atoms with Crippen LogP contribution in [0.4, 0.5) is 5.82 Å². The van der Waals surface area contributed by atoms with Gasteiger partial charge in [0.2, 0.25) is 5.91 Å². The van der Waals surface area contributed by atoms with E-state index in [1.807, 2.05) is 0 Å². The number of nitrogens with one attached hydrogen (secondary N) is 1. The number of halogens is 1. The molecular weight excluding hydrogens is 362 g/mol. The van der Waals surface area contributed by atoms with Gasteiger partial charge >= 0.3 is 0 Å². The van der Waals surface area contributed by atoms with Gasteiger partial charge in [-0.2, -0.15) is 0 Å². The molecule has 2 aromatic heterocycles. The summed E-state index contributed by atoms with van der Waals surface area (Å²) in [6.07, 6.45) is 1.49. The van der Waals surface area contributed by atoms with Gasteiger partial charge in [0.1, 0.15) is 17.3 Å². The molecular formula is C17H12ClN3O3S. The number of hydrogen-bond acceptors (Lipinski definition) is 5. The lowest BCUT2D eigenvalue weighted by Gasteiger charge is -2.07. The van der Waals surface area contributed by atoms with Gasteiger partial charge < -0.3 is 15.8 Å². The van der Waals surface area contributed by atoms with Crippen molar-refractivity contribution < 1.29 is 14.3 Å². The number of anilines is 1. The van der Waals surface area contributed by atoms with E-state index in [-0.39, 0.29) is 5.91 Å². The SMILES string of the molecule is NC(=O)c1csc(C(=O)Nc2ccc(Oc3ccc(Cl)cc3)cn2)c1. The van der Waals surface area contributed by atoms with Crippen LogP contribution in [0.15, 0.2) is 54.0 Å². The molecule has 25 heavy (non-hydrogen) atoms. The molecule has 3 aromatic rings. The van der Waals surface area contributed by atoms with Gasteiger partial charge in [-0.15, -0.1) is 11.3 Å². The van der Waals surface area contributed by atoms with E-state index >= 15 is 0 Å². The summed E-state index contributed by atoms with van der Waals surface area (Å²) in [4.78, 5) is 27.7. The minimum Gasteiger partial charge on any atom is -0.456 e. The van der Waals surface area contributed by atoms with Crippen molar-refractivity contribution in [1.82, 2.24) is 4.98 Å². The van der Waals surface area contributed by atoms with Crippen LogP contribution in [-0.2, 0) is 0 Å². The van der Waals surface area contributed by atoms with E-state index in [1.165, 1.54) is 17.6 Å². The van der Waals surface area contributed by atoms with E-state index in [4.69, 9.17) is 22.1 Å². The Morgan fingerprint density at radius 1 is 1.12 bits per heavy atom. The fourth-order valence-electron chi connectivity index (χ4n) is 1.92. The number of hydrogen-bond donors (Lipinski definition) is 2. The van der Waals surface area contributed by atoms with Crippen molar-refractivity contribution in [3.05, 3.63) is 69.5 Å². The van der Waals surface area contributed by atoms with Gasteiger partial charge in [-0.05, 0) is 42.5 Å². The van der Waals surface area contributed by atoms with Gasteiger partial charge in [0.25, 0.3) is 5.91 Å². The first kappa shape index (κ1) is 16.9. The maximum Gasteiger partial charge on any atom is 0.266 e. The third kappa shape index (κ3) is 4.34. The van der Waals surface area contributed by atoms with Crippen LogP contribution in [0.1, 0.15) is 20.0 Å². The van der Waals surface area contributed by atoms with Crippen molar-refractivity contribution in [3.8, 4) is 11.5 Å². The Balaban J connectivity index is 1.64. The number of amides is 2. The Morgan fingerprint density at radius 2 is 1.84 bits per heavy atom. The van der Waals surface area contributed by atoms with Crippen molar-refractivity contribution in [2.75, 3.05) is 5.32 Å². The molecule has 1 aromatic carbocycles. The molecule has 0 radical (unpaired) electrons. The van der Waals surface area contributed by atoms with E-state index in [0.717, 1.165) is 11.3 Å². The second kappa shape index (κ2) is 7.33. The van der Waals surface area contributed by atoms with Crippen LogP contribution in [0.25, 0.3) is 0 Å².